The minimum atomic E-state index is -4.50. The van der Waals surface area contributed by atoms with Crippen molar-refractivity contribution in [3.63, 3.8) is 0 Å². The predicted molar refractivity (Wildman–Crippen MR) is 107 cm³/mol. The molecule has 0 saturated heterocycles. The number of nitrogens with zero attached hydrogens (tertiary/aromatic N) is 1. The zero-order chi connectivity index (χ0) is 22.6. The Kier molecular flexibility index (Phi) is 6.94. The molecule has 0 fully saturated rings. The SMILES string of the molecule is Cc1cc(C(=O)O)c(C)n1-c1ccccc1C(F)(F)F.NC(=O)c1cccc(Cl)c1. The third-order valence-electron chi connectivity index (χ3n) is 4.22. The summed E-state index contributed by atoms with van der Waals surface area (Å²) in [5.41, 5.74) is 5.27. The lowest BCUT2D eigenvalue weighted by Gasteiger charge is -2.16. The first-order valence-electron chi connectivity index (χ1n) is 8.57. The molecule has 5 nitrogen and oxygen atoms in total. The number of primary amides is 1. The van der Waals surface area contributed by atoms with Gasteiger partial charge in [0.1, 0.15) is 0 Å². The molecule has 0 aliphatic carbocycles. The van der Waals surface area contributed by atoms with Gasteiger partial charge in [-0.25, -0.2) is 4.79 Å². The number of aryl methyl sites for hydroxylation is 1. The molecule has 30 heavy (non-hydrogen) atoms. The van der Waals surface area contributed by atoms with Crippen LogP contribution in [0, 0.1) is 13.8 Å². The molecule has 1 heterocycles. The Morgan fingerprint density at radius 1 is 1.03 bits per heavy atom. The summed E-state index contributed by atoms with van der Waals surface area (Å²) < 4.78 is 40.4. The first kappa shape index (κ1) is 23.0. The highest BCUT2D eigenvalue weighted by Crippen LogP contribution is 2.35. The second-order valence-electron chi connectivity index (χ2n) is 6.31. The molecule has 0 radical (unpaired) electrons. The summed E-state index contributed by atoms with van der Waals surface area (Å²) in [5.74, 6) is -1.61. The Hall–Kier alpha value is -3.26. The Bertz CT molecular complexity index is 1090. The maximum atomic E-state index is 13.0. The number of aromatic nitrogens is 1. The lowest BCUT2D eigenvalue weighted by atomic mass is 10.1. The number of alkyl halides is 3. The van der Waals surface area contributed by atoms with Gasteiger partial charge < -0.3 is 15.4 Å². The van der Waals surface area contributed by atoms with E-state index in [0.29, 0.717) is 16.3 Å². The van der Waals surface area contributed by atoms with E-state index in [1.54, 1.807) is 25.1 Å². The number of rotatable bonds is 3. The predicted octanol–water partition coefficient (Wildman–Crippen LogP) is 5.25. The van der Waals surface area contributed by atoms with Crippen LogP contribution in [0.2, 0.25) is 5.02 Å². The van der Waals surface area contributed by atoms with Crippen molar-refractivity contribution >= 4 is 23.5 Å². The number of carbonyl (C=O) groups excluding carboxylic acids is 1. The summed E-state index contributed by atoms with van der Waals surface area (Å²) in [6, 6.07) is 13.0. The lowest BCUT2D eigenvalue weighted by molar-refractivity contribution is -0.137. The standard InChI is InChI=1S/C14H12F3NO2.C7H6ClNO/c1-8-7-10(13(19)20)9(2)18(8)12-6-4-3-5-11(12)14(15,16)17;8-6-3-1-2-5(4-6)7(9)10/h3-7H,1-2H3,(H,19,20);1-4H,(H2,9,10). The third kappa shape index (κ3) is 5.21. The van der Waals surface area contributed by atoms with Crippen molar-refractivity contribution in [3.8, 4) is 5.69 Å². The Morgan fingerprint density at radius 3 is 2.13 bits per heavy atom. The van der Waals surface area contributed by atoms with Crippen molar-refractivity contribution in [2.75, 3.05) is 0 Å². The highest BCUT2D eigenvalue weighted by molar-refractivity contribution is 6.30. The molecular formula is C21H18ClF3N2O3. The van der Waals surface area contributed by atoms with Gasteiger partial charge in [-0.1, -0.05) is 29.8 Å². The van der Waals surface area contributed by atoms with Gasteiger partial charge in [-0.05, 0) is 50.2 Å². The number of carboxylic acids is 1. The lowest BCUT2D eigenvalue weighted by Crippen LogP contribution is -2.12. The largest absolute Gasteiger partial charge is 0.478 e. The summed E-state index contributed by atoms with van der Waals surface area (Å²) in [5, 5.41) is 9.57. The minimum absolute atomic E-state index is 0.000484. The minimum Gasteiger partial charge on any atom is -0.478 e. The van der Waals surface area contributed by atoms with Crippen LogP contribution in [0.1, 0.15) is 37.7 Å². The van der Waals surface area contributed by atoms with Crippen molar-refractivity contribution < 1.29 is 27.9 Å². The highest BCUT2D eigenvalue weighted by atomic mass is 35.5. The first-order valence-corrected chi connectivity index (χ1v) is 8.95. The molecule has 0 aliphatic rings. The van der Waals surface area contributed by atoms with Crippen LogP contribution in [0.5, 0.6) is 0 Å². The van der Waals surface area contributed by atoms with Crippen LogP contribution in [-0.4, -0.2) is 21.6 Å². The number of benzene rings is 2. The quantitative estimate of drug-likeness (QED) is 0.585. The molecule has 9 heteroatoms. The van der Waals surface area contributed by atoms with Crippen LogP contribution in [-0.2, 0) is 6.18 Å². The van der Waals surface area contributed by atoms with Gasteiger partial charge in [0.05, 0.1) is 16.8 Å². The number of hydrogen-bond acceptors (Lipinski definition) is 2. The molecule has 0 spiro atoms. The molecule has 0 atom stereocenters. The molecular weight excluding hydrogens is 421 g/mol. The molecule has 0 aliphatic heterocycles. The van der Waals surface area contributed by atoms with E-state index in [0.717, 1.165) is 6.07 Å². The average Bonchev–Trinajstić information content (AvgIpc) is 2.96. The normalized spacial score (nSPS) is 10.9. The van der Waals surface area contributed by atoms with E-state index in [2.05, 4.69) is 0 Å². The van der Waals surface area contributed by atoms with Crippen LogP contribution in [0.4, 0.5) is 13.2 Å². The number of carbonyl (C=O) groups is 2. The molecule has 3 aromatic rings. The van der Waals surface area contributed by atoms with Crippen LogP contribution >= 0.6 is 11.6 Å². The molecule has 2 aromatic carbocycles. The maximum Gasteiger partial charge on any atom is 0.418 e. The summed E-state index contributed by atoms with van der Waals surface area (Å²) in [6.07, 6.45) is -4.50. The molecule has 0 unspecified atom stereocenters. The average molecular weight is 439 g/mol. The fraction of sp³-hybridized carbons (Fsp3) is 0.143. The van der Waals surface area contributed by atoms with Crippen LogP contribution in [0.15, 0.2) is 54.6 Å². The summed E-state index contributed by atoms with van der Waals surface area (Å²) in [4.78, 5) is 21.6. The zero-order valence-electron chi connectivity index (χ0n) is 16.0. The number of para-hydroxylation sites is 1. The van der Waals surface area contributed by atoms with Crippen molar-refractivity contribution in [1.29, 1.82) is 0 Å². The second kappa shape index (κ2) is 9.04. The van der Waals surface area contributed by atoms with Gasteiger partial charge >= 0.3 is 12.1 Å². The van der Waals surface area contributed by atoms with Crippen LogP contribution in [0.3, 0.4) is 0 Å². The number of carboxylic acid groups (broad SMARTS) is 1. The number of halogens is 4. The topological polar surface area (TPSA) is 85.3 Å². The van der Waals surface area contributed by atoms with Crippen molar-refractivity contribution in [1.82, 2.24) is 4.57 Å². The Balaban J connectivity index is 0.000000269. The van der Waals surface area contributed by atoms with E-state index in [1.807, 2.05) is 0 Å². The monoisotopic (exact) mass is 438 g/mol. The van der Waals surface area contributed by atoms with Gasteiger partial charge in [-0.3, -0.25) is 4.79 Å². The number of aromatic carboxylic acids is 1. The van der Waals surface area contributed by atoms with Crippen LogP contribution in [0.25, 0.3) is 5.69 Å². The fourth-order valence-electron chi connectivity index (χ4n) is 2.90. The van der Waals surface area contributed by atoms with Gasteiger partial charge in [-0.15, -0.1) is 0 Å². The molecule has 158 valence electrons. The molecule has 0 bridgehead atoms. The van der Waals surface area contributed by atoms with Gasteiger partial charge in [0, 0.05) is 22.0 Å². The number of nitrogens with two attached hydrogens (primary N) is 1. The molecule has 0 saturated carbocycles. The third-order valence-corrected chi connectivity index (χ3v) is 4.46. The Morgan fingerprint density at radius 2 is 1.67 bits per heavy atom. The molecule has 3 N–H and O–H groups in total. The van der Waals surface area contributed by atoms with Gasteiger partial charge in [0.2, 0.25) is 5.91 Å². The molecule has 1 amide bonds. The van der Waals surface area contributed by atoms with E-state index in [9.17, 15) is 22.8 Å². The maximum absolute atomic E-state index is 13.0. The van der Waals surface area contributed by atoms with E-state index in [1.165, 1.54) is 41.8 Å². The smallest absolute Gasteiger partial charge is 0.418 e. The molecule has 1 aromatic heterocycles. The van der Waals surface area contributed by atoms with Crippen molar-refractivity contribution in [2.45, 2.75) is 20.0 Å². The van der Waals surface area contributed by atoms with Crippen molar-refractivity contribution in [2.24, 2.45) is 5.73 Å². The number of hydrogen-bond donors (Lipinski definition) is 2. The van der Waals surface area contributed by atoms with Crippen LogP contribution < -0.4 is 5.73 Å². The van der Waals surface area contributed by atoms with E-state index in [-0.39, 0.29) is 16.9 Å². The summed E-state index contributed by atoms with van der Waals surface area (Å²) in [6.45, 7) is 3.07. The van der Waals surface area contributed by atoms with Crippen molar-refractivity contribution in [3.05, 3.63) is 87.7 Å². The van der Waals surface area contributed by atoms with E-state index < -0.39 is 23.6 Å². The van der Waals surface area contributed by atoms with Gasteiger partial charge in [0.15, 0.2) is 0 Å². The van der Waals surface area contributed by atoms with Gasteiger partial charge in [0.25, 0.3) is 0 Å². The molecule has 3 rings (SSSR count). The van der Waals surface area contributed by atoms with E-state index >= 15 is 0 Å². The Labute approximate surface area is 175 Å². The summed E-state index contributed by atoms with van der Waals surface area (Å²) in [7, 11) is 0. The zero-order valence-corrected chi connectivity index (χ0v) is 16.8. The van der Waals surface area contributed by atoms with E-state index in [4.69, 9.17) is 22.4 Å². The van der Waals surface area contributed by atoms with Gasteiger partial charge in [-0.2, -0.15) is 13.2 Å². The first-order chi connectivity index (χ1) is 13.9. The number of amides is 1. The summed E-state index contributed by atoms with van der Waals surface area (Å²) >= 11 is 5.58. The second-order valence-corrected chi connectivity index (χ2v) is 6.75. The fourth-order valence-corrected chi connectivity index (χ4v) is 3.09. The highest BCUT2D eigenvalue weighted by Gasteiger charge is 2.34.